The smallest absolute Gasteiger partial charge is 0.226 e. The topological polar surface area (TPSA) is 78.3 Å². The number of hydrogen-bond acceptors (Lipinski definition) is 7. The van der Waals surface area contributed by atoms with Crippen molar-refractivity contribution < 1.29 is 14.3 Å². The monoisotopic (exact) mass is 454 g/mol. The minimum atomic E-state index is -0.466. The highest BCUT2D eigenvalue weighted by Crippen LogP contribution is 2.30. The van der Waals surface area contributed by atoms with E-state index >= 15 is 0 Å². The Morgan fingerprint density at radius 1 is 1.19 bits per heavy atom. The first kappa shape index (κ1) is 21.1. The molecule has 1 atom stereocenters. The zero-order chi connectivity index (χ0) is 21.8. The SMILES string of the molecule is COc1cc(OC)cc(C(NC(=O)Cc2csc(-c3cccs3)n2)c2nccn2C)c1. The molecule has 9 heteroatoms. The normalized spacial score (nSPS) is 11.8. The Kier molecular flexibility index (Phi) is 6.34. The van der Waals surface area contributed by atoms with Gasteiger partial charge in [-0.1, -0.05) is 6.07 Å². The van der Waals surface area contributed by atoms with Crippen molar-refractivity contribution in [2.75, 3.05) is 14.2 Å². The molecule has 0 aliphatic heterocycles. The minimum absolute atomic E-state index is 0.141. The maximum absolute atomic E-state index is 13.0. The van der Waals surface area contributed by atoms with Crippen molar-refractivity contribution in [1.82, 2.24) is 19.9 Å². The largest absolute Gasteiger partial charge is 0.497 e. The Labute approximate surface area is 188 Å². The van der Waals surface area contributed by atoms with Gasteiger partial charge in [-0.3, -0.25) is 4.79 Å². The fourth-order valence-electron chi connectivity index (χ4n) is 3.23. The Morgan fingerprint density at radius 2 is 1.97 bits per heavy atom. The molecule has 1 aromatic carbocycles. The fourth-order valence-corrected chi connectivity index (χ4v) is 4.86. The van der Waals surface area contributed by atoms with Gasteiger partial charge < -0.3 is 19.4 Å². The number of benzene rings is 1. The molecule has 4 rings (SSSR count). The van der Waals surface area contributed by atoms with Gasteiger partial charge in [0.15, 0.2) is 0 Å². The molecular formula is C22H22N4O3S2. The lowest BCUT2D eigenvalue weighted by Gasteiger charge is -2.20. The summed E-state index contributed by atoms with van der Waals surface area (Å²) in [6.45, 7) is 0. The molecule has 0 aliphatic rings. The van der Waals surface area contributed by atoms with E-state index in [0.29, 0.717) is 17.3 Å². The summed E-state index contributed by atoms with van der Waals surface area (Å²) in [6, 6.07) is 9.10. The van der Waals surface area contributed by atoms with Gasteiger partial charge in [0.05, 0.1) is 31.2 Å². The van der Waals surface area contributed by atoms with Gasteiger partial charge in [0, 0.05) is 30.9 Å². The summed E-state index contributed by atoms with van der Waals surface area (Å²) >= 11 is 3.18. The van der Waals surface area contributed by atoms with E-state index < -0.39 is 6.04 Å². The molecule has 31 heavy (non-hydrogen) atoms. The van der Waals surface area contributed by atoms with E-state index in [1.165, 1.54) is 0 Å². The van der Waals surface area contributed by atoms with Crippen molar-refractivity contribution in [3.63, 3.8) is 0 Å². The minimum Gasteiger partial charge on any atom is -0.497 e. The summed E-state index contributed by atoms with van der Waals surface area (Å²) in [6.07, 6.45) is 3.74. The maximum Gasteiger partial charge on any atom is 0.226 e. The van der Waals surface area contributed by atoms with Crippen molar-refractivity contribution in [3.05, 3.63) is 70.6 Å². The van der Waals surface area contributed by atoms with E-state index in [2.05, 4.69) is 15.3 Å². The van der Waals surface area contributed by atoms with Gasteiger partial charge in [-0.2, -0.15) is 0 Å². The Hall–Kier alpha value is -3.17. The van der Waals surface area contributed by atoms with Gasteiger partial charge >= 0.3 is 0 Å². The lowest BCUT2D eigenvalue weighted by molar-refractivity contribution is -0.121. The van der Waals surface area contributed by atoms with Crippen molar-refractivity contribution >= 4 is 28.6 Å². The molecule has 7 nitrogen and oxygen atoms in total. The molecule has 160 valence electrons. The van der Waals surface area contributed by atoms with Gasteiger partial charge in [-0.25, -0.2) is 9.97 Å². The Bertz CT molecular complexity index is 1150. The number of carbonyl (C=O) groups excluding carboxylic acids is 1. The lowest BCUT2D eigenvalue weighted by Crippen LogP contribution is -2.32. The Balaban J connectivity index is 1.58. The average Bonchev–Trinajstić information content (AvgIpc) is 3.53. The molecule has 0 fully saturated rings. The van der Waals surface area contributed by atoms with Crippen LogP contribution in [0.25, 0.3) is 9.88 Å². The quantitative estimate of drug-likeness (QED) is 0.434. The molecule has 0 radical (unpaired) electrons. The van der Waals surface area contributed by atoms with Crippen LogP contribution >= 0.6 is 22.7 Å². The van der Waals surface area contributed by atoms with Crippen LogP contribution in [0.5, 0.6) is 11.5 Å². The van der Waals surface area contributed by atoms with E-state index in [-0.39, 0.29) is 12.3 Å². The predicted octanol–water partition coefficient (Wildman–Crippen LogP) is 4.07. The number of rotatable bonds is 8. The lowest BCUT2D eigenvalue weighted by atomic mass is 10.0. The molecule has 3 heterocycles. The second-order valence-corrected chi connectivity index (χ2v) is 8.65. The highest BCUT2D eigenvalue weighted by atomic mass is 32.1. The standard InChI is InChI=1S/C22H22N4O3S2/c1-26-7-6-23-21(26)20(14-9-16(28-2)12-17(10-14)29-3)25-19(27)11-15-13-31-22(24-15)18-5-4-8-30-18/h4-10,12-13,20H,11H2,1-3H3,(H,25,27). The first-order valence-electron chi connectivity index (χ1n) is 9.55. The first-order chi connectivity index (χ1) is 15.1. The highest BCUT2D eigenvalue weighted by Gasteiger charge is 2.23. The number of ether oxygens (including phenoxy) is 2. The fraction of sp³-hybridized carbons (Fsp3) is 0.227. The molecule has 3 aromatic heterocycles. The van der Waals surface area contributed by atoms with Crippen LogP contribution in [-0.4, -0.2) is 34.7 Å². The summed E-state index contributed by atoms with van der Waals surface area (Å²) in [5.41, 5.74) is 1.56. The first-order valence-corrected chi connectivity index (χ1v) is 11.3. The summed E-state index contributed by atoms with van der Waals surface area (Å²) < 4.78 is 12.7. The number of methoxy groups -OCH3 is 2. The molecule has 4 aromatic rings. The van der Waals surface area contributed by atoms with Crippen molar-refractivity contribution in [3.8, 4) is 21.4 Å². The van der Waals surface area contributed by atoms with E-state index in [1.54, 1.807) is 49.2 Å². The number of thiophene rings is 1. The number of amides is 1. The van der Waals surface area contributed by atoms with Gasteiger partial charge in [-0.15, -0.1) is 22.7 Å². The predicted molar refractivity (Wildman–Crippen MR) is 122 cm³/mol. The molecule has 0 spiro atoms. The van der Waals surface area contributed by atoms with Crippen molar-refractivity contribution in [1.29, 1.82) is 0 Å². The molecule has 1 amide bonds. The number of carbonyl (C=O) groups is 1. The number of nitrogens with zero attached hydrogens (tertiary/aromatic N) is 3. The zero-order valence-electron chi connectivity index (χ0n) is 17.4. The number of thiazole rings is 1. The second-order valence-electron chi connectivity index (χ2n) is 6.84. The van der Waals surface area contributed by atoms with Crippen LogP contribution in [0.1, 0.15) is 23.1 Å². The number of nitrogens with one attached hydrogen (secondary N) is 1. The van der Waals surface area contributed by atoms with Gasteiger partial charge in [0.2, 0.25) is 5.91 Å². The summed E-state index contributed by atoms with van der Waals surface area (Å²) in [7, 11) is 5.09. The number of hydrogen-bond donors (Lipinski definition) is 1. The third-order valence-electron chi connectivity index (χ3n) is 4.75. The average molecular weight is 455 g/mol. The van der Waals surface area contributed by atoms with E-state index in [4.69, 9.17) is 9.47 Å². The molecule has 0 bridgehead atoms. The Morgan fingerprint density at radius 3 is 2.58 bits per heavy atom. The second kappa shape index (κ2) is 9.32. The third kappa shape index (κ3) is 4.78. The molecule has 0 aliphatic carbocycles. The number of aromatic nitrogens is 3. The van der Waals surface area contributed by atoms with E-state index in [9.17, 15) is 4.79 Å². The molecule has 1 unspecified atom stereocenters. The van der Waals surface area contributed by atoms with Crippen LogP contribution in [-0.2, 0) is 18.3 Å². The van der Waals surface area contributed by atoms with Crippen LogP contribution in [0, 0.1) is 0 Å². The maximum atomic E-state index is 13.0. The van der Waals surface area contributed by atoms with Crippen molar-refractivity contribution in [2.24, 2.45) is 7.05 Å². The third-order valence-corrected chi connectivity index (χ3v) is 6.68. The van der Waals surface area contributed by atoms with Crippen LogP contribution < -0.4 is 14.8 Å². The van der Waals surface area contributed by atoms with Gasteiger partial charge in [0.1, 0.15) is 28.4 Å². The molecule has 0 saturated carbocycles. The highest BCUT2D eigenvalue weighted by molar-refractivity contribution is 7.20. The van der Waals surface area contributed by atoms with E-state index in [1.807, 2.05) is 52.8 Å². The molecular weight excluding hydrogens is 432 g/mol. The zero-order valence-corrected chi connectivity index (χ0v) is 19.0. The summed E-state index contributed by atoms with van der Waals surface area (Å²) in [5, 5.41) is 7.98. The van der Waals surface area contributed by atoms with Crippen LogP contribution in [0.3, 0.4) is 0 Å². The number of aryl methyl sites for hydroxylation is 1. The van der Waals surface area contributed by atoms with E-state index in [0.717, 1.165) is 21.1 Å². The molecule has 0 saturated heterocycles. The van der Waals surface area contributed by atoms with Crippen molar-refractivity contribution in [2.45, 2.75) is 12.5 Å². The summed E-state index contributed by atoms with van der Waals surface area (Å²) in [5.74, 6) is 1.85. The van der Waals surface area contributed by atoms with Gasteiger partial charge in [0.25, 0.3) is 0 Å². The number of imidazole rings is 1. The van der Waals surface area contributed by atoms with Crippen LogP contribution in [0.4, 0.5) is 0 Å². The van der Waals surface area contributed by atoms with Gasteiger partial charge in [-0.05, 0) is 29.1 Å². The van der Waals surface area contributed by atoms with Crippen LogP contribution in [0.15, 0.2) is 53.5 Å². The summed E-state index contributed by atoms with van der Waals surface area (Å²) in [4.78, 5) is 23.1. The molecule has 1 N–H and O–H groups in total. The van der Waals surface area contributed by atoms with Crippen LogP contribution in [0.2, 0.25) is 0 Å².